The van der Waals surface area contributed by atoms with Crippen LogP contribution in [0.2, 0.25) is 0 Å². The fraction of sp³-hybridized carbons (Fsp3) is 0.0833. The fourth-order valence-electron chi connectivity index (χ4n) is 3.74. The van der Waals surface area contributed by atoms with Gasteiger partial charge in [-0.3, -0.25) is 14.2 Å². The molecule has 0 spiro atoms. The summed E-state index contributed by atoms with van der Waals surface area (Å²) in [6, 6.07) is 18.1. The summed E-state index contributed by atoms with van der Waals surface area (Å²) in [5.74, 6) is 0.192. The summed E-state index contributed by atoms with van der Waals surface area (Å²) in [5.41, 5.74) is 4.11. The van der Waals surface area contributed by atoms with Crippen molar-refractivity contribution in [3.8, 4) is 11.1 Å². The van der Waals surface area contributed by atoms with Gasteiger partial charge in [0.1, 0.15) is 17.7 Å². The molecule has 0 unspecified atom stereocenters. The number of nitrogens with zero attached hydrogens (tertiary/aromatic N) is 4. The Morgan fingerprint density at radius 1 is 0.968 bits per heavy atom. The monoisotopic (exact) mass is 411 g/mol. The topological polar surface area (TPSA) is 72.2 Å². The van der Waals surface area contributed by atoms with Gasteiger partial charge in [0.15, 0.2) is 5.82 Å². The minimum absolute atomic E-state index is 0.243. The van der Waals surface area contributed by atoms with Gasteiger partial charge in [0.2, 0.25) is 0 Å². The third-order valence-corrected chi connectivity index (χ3v) is 5.16. The number of hydrogen-bond acceptors (Lipinski definition) is 5. The Balaban J connectivity index is 1.53. The van der Waals surface area contributed by atoms with Crippen molar-refractivity contribution in [2.24, 2.45) is 0 Å². The second kappa shape index (κ2) is 7.95. The van der Waals surface area contributed by atoms with Crippen LogP contribution in [-0.4, -0.2) is 25.9 Å². The molecule has 0 fully saturated rings. The number of rotatable bonds is 5. The van der Waals surface area contributed by atoms with Crippen LogP contribution in [0.5, 0.6) is 0 Å². The normalized spacial score (nSPS) is 11.1. The van der Waals surface area contributed by atoms with Crippen molar-refractivity contribution in [1.29, 1.82) is 0 Å². The Kier molecular flexibility index (Phi) is 4.84. The SMILES string of the molecule is O=c1c(-c2ccccc2)c(CCNc2ncnc3cccnc23)cc2ccc(F)cn12. The molecule has 0 bridgehead atoms. The van der Waals surface area contributed by atoms with Crippen LogP contribution in [0.25, 0.3) is 27.7 Å². The molecule has 0 saturated heterocycles. The van der Waals surface area contributed by atoms with E-state index in [2.05, 4.69) is 20.3 Å². The zero-order valence-corrected chi connectivity index (χ0v) is 16.5. The number of aromatic nitrogens is 4. The molecule has 6 nitrogen and oxygen atoms in total. The highest BCUT2D eigenvalue weighted by atomic mass is 19.1. The van der Waals surface area contributed by atoms with E-state index in [1.807, 2.05) is 48.5 Å². The van der Waals surface area contributed by atoms with Crippen LogP contribution in [-0.2, 0) is 6.42 Å². The Bertz CT molecular complexity index is 1440. The lowest BCUT2D eigenvalue weighted by atomic mass is 9.98. The first-order valence-corrected chi connectivity index (χ1v) is 9.89. The largest absolute Gasteiger partial charge is 0.368 e. The summed E-state index contributed by atoms with van der Waals surface area (Å²) in [4.78, 5) is 26.1. The lowest BCUT2D eigenvalue weighted by Gasteiger charge is -2.13. The van der Waals surface area contributed by atoms with Gasteiger partial charge in [-0.25, -0.2) is 14.4 Å². The third-order valence-electron chi connectivity index (χ3n) is 5.16. The van der Waals surface area contributed by atoms with Crippen molar-refractivity contribution in [2.45, 2.75) is 6.42 Å². The Morgan fingerprint density at radius 2 is 1.84 bits per heavy atom. The lowest BCUT2D eigenvalue weighted by Crippen LogP contribution is -2.19. The molecule has 1 N–H and O–H groups in total. The minimum Gasteiger partial charge on any atom is -0.368 e. The quantitative estimate of drug-likeness (QED) is 0.471. The van der Waals surface area contributed by atoms with Gasteiger partial charge in [-0.15, -0.1) is 0 Å². The van der Waals surface area contributed by atoms with Crippen molar-refractivity contribution in [2.75, 3.05) is 11.9 Å². The molecular formula is C24H18FN5O. The highest BCUT2D eigenvalue weighted by Gasteiger charge is 2.14. The van der Waals surface area contributed by atoms with Gasteiger partial charge in [0.05, 0.1) is 11.1 Å². The summed E-state index contributed by atoms with van der Waals surface area (Å²) in [5, 5.41) is 3.31. The van der Waals surface area contributed by atoms with Crippen molar-refractivity contribution >= 4 is 22.4 Å². The zero-order valence-electron chi connectivity index (χ0n) is 16.5. The van der Waals surface area contributed by atoms with Gasteiger partial charge in [-0.1, -0.05) is 30.3 Å². The van der Waals surface area contributed by atoms with E-state index in [0.717, 1.165) is 16.6 Å². The number of benzene rings is 1. The molecule has 152 valence electrons. The van der Waals surface area contributed by atoms with Gasteiger partial charge in [-0.2, -0.15) is 0 Å². The average molecular weight is 411 g/mol. The summed E-state index contributed by atoms with van der Waals surface area (Å²) >= 11 is 0. The van der Waals surface area contributed by atoms with Crippen LogP contribution < -0.4 is 10.9 Å². The molecule has 4 aromatic heterocycles. The summed E-state index contributed by atoms with van der Waals surface area (Å²) in [6.45, 7) is 0.541. The summed E-state index contributed by atoms with van der Waals surface area (Å²) in [6.07, 6.45) is 5.00. The molecule has 4 heterocycles. The maximum Gasteiger partial charge on any atom is 0.263 e. The van der Waals surface area contributed by atoms with E-state index in [1.165, 1.54) is 23.0 Å². The number of nitrogens with one attached hydrogen (secondary N) is 1. The number of fused-ring (bicyclic) bond motifs is 2. The molecule has 5 aromatic rings. The molecule has 0 saturated carbocycles. The average Bonchev–Trinajstić information content (AvgIpc) is 2.80. The van der Waals surface area contributed by atoms with E-state index in [4.69, 9.17) is 0 Å². The molecule has 0 amide bonds. The van der Waals surface area contributed by atoms with Crippen molar-refractivity contribution in [3.05, 3.63) is 101 Å². The number of anilines is 1. The molecule has 0 aliphatic rings. The van der Waals surface area contributed by atoms with Gasteiger partial charge >= 0.3 is 0 Å². The molecule has 31 heavy (non-hydrogen) atoms. The predicted molar refractivity (Wildman–Crippen MR) is 119 cm³/mol. The summed E-state index contributed by atoms with van der Waals surface area (Å²) in [7, 11) is 0. The van der Waals surface area contributed by atoms with Gasteiger partial charge in [0, 0.05) is 24.5 Å². The van der Waals surface area contributed by atoms with Gasteiger partial charge < -0.3 is 5.32 Å². The van der Waals surface area contributed by atoms with Crippen molar-refractivity contribution in [3.63, 3.8) is 0 Å². The molecule has 7 heteroatoms. The van der Waals surface area contributed by atoms with E-state index in [-0.39, 0.29) is 5.56 Å². The predicted octanol–water partition coefficient (Wildman–Crippen LogP) is 4.10. The van der Waals surface area contributed by atoms with Crippen LogP contribution >= 0.6 is 0 Å². The van der Waals surface area contributed by atoms with E-state index in [1.54, 1.807) is 12.3 Å². The number of halogens is 1. The van der Waals surface area contributed by atoms with Crippen LogP contribution in [0.1, 0.15) is 5.56 Å². The van der Waals surface area contributed by atoms with Crippen LogP contribution in [0, 0.1) is 5.82 Å². The number of pyridine rings is 3. The fourth-order valence-corrected chi connectivity index (χ4v) is 3.74. The van der Waals surface area contributed by atoms with Crippen molar-refractivity contribution < 1.29 is 4.39 Å². The summed E-state index contributed by atoms with van der Waals surface area (Å²) < 4.78 is 15.1. The molecule has 0 aliphatic carbocycles. The lowest BCUT2D eigenvalue weighted by molar-refractivity contribution is 0.618. The van der Waals surface area contributed by atoms with E-state index in [9.17, 15) is 9.18 Å². The molecule has 0 aliphatic heterocycles. The van der Waals surface area contributed by atoms with Crippen LogP contribution in [0.4, 0.5) is 10.2 Å². The molecular weight excluding hydrogens is 393 g/mol. The second-order valence-corrected chi connectivity index (χ2v) is 7.13. The van der Waals surface area contributed by atoms with E-state index in [0.29, 0.717) is 35.4 Å². The first kappa shape index (κ1) is 18.9. The van der Waals surface area contributed by atoms with E-state index >= 15 is 0 Å². The highest BCUT2D eigenvalue weighted by Crippen LogP contribution is 2.23. The first-order valence-electron chi connectivity index (χ1n) is 9.89. The Labute approximate surface area is 177 Å². The zero-order chi connectivity index (χ0) is 21.2. The Morgan fingerprint density at radius 3 is 2.71 bits per heavy atom. The minimum atomic E-state index is -0.453. The van der Waals surface area contributed by atoms with Crippen molar-refractivity contribution in [1.82, 2.24) is 19.4 Å². The third kappa shape index (κ3) is 3.61. The van der Waals surface area contributed by atoms with Crippen LogP contribution in [0.15, 0.2) is 84.2 Å². The second-order valence-electron chi connectivity index (χ2n) is 7.13. The van der Waals surface area contributed by atoms with Crippen LogP contribution in [0.3, 0.4) is 0 Å². The molecule has 5 rings (SSSR count). The highest BCUT2D eigenvalue weighted by molar-refractivity contribution is 5.84. The molecule has 0 radical (unpaired) electrons. The number of hydrogen-bond donors (Lipinski definition) is 1. The molecule has 1 aromatic carbocycles. The standard InChI is InChI=1S/C24H18FN5O/c25-18-8-9-19-13-17(21(24(31)30(19)14-18)16-5-2-1-3-6-16)10-12-27-23-22-20(28-15-29-23)7-4-11-26-22/h1-9,11,13-15H,10,12H2,(H,27,28,29). The van der Waals surface area contributed by atoms with Gasteiger partial charge in [-0.05, 0) is 47.9 Å². The maximum atomic E-state index is 13.8. The maximum absolute atomic E-state index is 13.8. The molecule has 0 atom stereocenters. The Hall–Kier alpha value is -4.13. The smallest absolute Gasteiger partial charge is 0.263 e. The first-order chi connectivity index (χ1) is 15.2. The van der Waals surface area contributed by atoms with E-state index < -0.39 is 5.82 Å². The van der Waals surface area contributed by atoms with Gasteiger partial charge in [0.25, 0.3) is 5.56 Å².